The summed E-state index contributed by atoms with van der Waals surface area (Å²) >= 11 is 0. The molecule has 0 bridgehead atoms. The fourth-order valence-electron chi connectivity index (χ4n) is 3.76. The van der Waals surface area contributed by atoms with Gasteiger partial charge in [-0.15, -0.1) is 0 Å². The molecule has 1 aromatic rings. The SMILES string of the molecule is CCOC(=O)C(Cc1ccc(OC)cc1)ON1C(C)(C)CCCC1(C)C. The van der Waals surface area contributed by atoms with Crippen molar-refractivity contribution in [2.24, 2.45) is 0 Å². The Morgan fingerprint density at radius 1 is 1.12 bits per heavy atom. The monoisotopic (exact) mass is 363 g/mol. The van der Waals surface area contributed by atoms with Gasteiger partial charge in [-0.05, 0) is 71.6 Å². The second kappa shape index (κ2) is 8.40. The number of piperidine rings is 1. The van der Waals surface area contributed by atoms with Crippen LogP contribution in [0.25, 0.3) is 0 Å². The van der Waals surface area contributed by atoms with Crippen molar-refractivity contribution in [2.75, 3.05) is 13.7 Å². The summed E-state index contributed by atoms with van der Waals surface area (Å²) in [4.78, 5) is 18.9. The van der Waals surface area contributed by atoms with Gasteiger partial charge in [-0.1, -0.05) is 12.1 Å². The highest BCUT2D eigenvalue weighted by molar-refractivity contribution is 5.75. The highest BCUT2D eigenvalue weighted by atomic mass is 16.7. The number of rotatable bonds is 7. The van der Waals surface area contributed by atoms with Gasteiger partial charge >= 0.3 is 5.97 Å². The lowest BCUT2D eigenvalue weighted by Gasteiger charge is -2.52. The third kappa shape index (κ3) is 4.98. The minimum absolute atomic E-state index is 0.133. The van der Waals surface area contributed by atoms with Crippen LogP contribution in [0, 0.1) is 0 Å². The van der Waals surface area contributed by atoms with E-state index in [1.165, 1.54) is 0 Å². The summed E-state index contributed by atoms with van der Waals surface area (Å²) in [6.45, 7) is 10.8. The lowest BCUT2D eigenvalue weighted by molar-refractivity contribution is -0.302. The number of esters is 1. The van der Waals surface area contributed by atoms with Crippen molar-refractivity contribution in [1.82, 2.24) is 5.06 Å². The Labute approximate surface area is 157 Å². The topological polar surface area (TPSA) is 48.0 Å². The zero-order chi connectivity index (χ0) is 19.4. The van der Waals surface area contributed by atoms with Crippen LogP contribution in [0.1, 0.15) is 59.4 Å². The molecule has 2 rings (SSSR count). The van der Waals surface area contributed by atoms with Gasteiger partial charge in [-0.2, -0.15) is 5.06 Å². The number of methoxy groups -OCH3 is 1. The molecule has 5 nitrogen and oxygen atoms in total. The Balaban J connectivity index is 2.21. The van der Waals surface area contributed by atoms with Crippen molar-refractivity contribution in [1.29, 1.82) is 0 Å². The summed E-state index contributed by atoms with van der Waals surface area (Å²) in [5.41, 5.74) is 0.746. The van der Waals surface area contributed by atoms with Crippen molar-refractivity contribution >= 4 is 5.97 Å². The van der Waals surface area contributed by atoms with Gasteiger partial charge in [0.05, 0.1) is 13.7 Å². The maximum Gasteiger partial charge on any atom is 0.337 e. The van der Waals surface area contributed by atoms with Crippen LogP contribution in [0.3, 0.4) is 0 Å². The largest absolute Gasteiger partial charge is 0.497 e. The first-order valence-corrected chi connectivity index (χ1v) is 9.46. The summed E-state index contributed by atoms with van der Waals surface area (Å²) in [6.07, 6.45) is 3.02. The van der Waals surface area contributed by atoms with Crippen LogP contribution in [0.5, 0.6) is 5.75 Å². The van der Waals surface area contributed by atoms with Crippen LogP contribution in [-0.4, -0.2) is 41.9 Å². The molecule has 1 unspecified atom stereocenters. The molecule has 0 aliphatic carbocycles. The van der Waals surface area contributed by atoms with Gasteiger partial charge in [0.2, 0.25) is 0 Å². The zero-order valence-electron chi connectivity index (χ0n) is 17.0. The maximum absolute atomic E-state index is 12.6. The minimum atomic E-state index is -0.667. The second-order valence-electron chi connectivity index (χ2n) is 8.17. The number of benzene rings is 1. The lowest BCUT2D eigenvalue weighted by Crippen LogP contribution is -2.60. The van der Waals surface area contributed by atoms with Crippen LogP contribution >= 0.6 is 0 Å². The third-order valence-corrected chi connectivity index (χ3v) is 5.04. The molecular weight excluding hydrogens is 330 g/mol. The lowest BCUT2D eigenvalue weighted by atomic mass is 9.82. The normalized spacial score (nSPS) is 20.4. The molecule has 1 heterocycles. The summed E-state index contributed by atoms with van der Waals surface area (Å²) < 4.78 is 10.5. The van der Waals surface area contributed by atoms with Crippen LogP contribution in [0.4, 0.5) is 0 Å². The van der Waals surface area contributed by atoms with Crippen LogP contribution in [-0.2, 0) is 20.8 Å². The highest BCUT2D eigenvalue weighted by Crippen LogP contribution is 2.39. The van der Waals surface area contributed by atoms with Crippen LogP contribution < -0.4 is 4.74 Å². The van der Waals surface area contributed by atoms with Crippen molar-refractivity contribution in [3.8, 4) is 5.75 Å². The molecule has 1 aliphatic rings. The Bertz CT molecular complexity index is 579. The Morgan fingerprint density at radius 3 is 2.19 bits per heavy atom. The summed E-state index contributed by atoms with van der Waals surface area (Å²) in [6, 6.07) is 7.71. The fourth-order valence-corrected chi connectivity index (χ4v) is 3.76. The molecule has 1 aliphatic heterocycles. The number of hydroxylamine groups is 2. The first-order chi connectivity index (χ1) is 12.2. The molecule has 26 heavy (non-hydrogen) atoms. The number of hydrogen-bond acceptors (Lipinski definition) is 5. The summed E-state index contributed by atoms with van der Waals surface area (Å²) in [7, 11) is 1.64. The van der Waals surface area contributed by atoms with E-state index < -0.39 is 6.10 Å². The van der Waals surface area contributed by atoms with E-state index in [9.17, 15) is 4.79 Å². The predicted octanol–water partition coefficient (Wildman–Crippen LogP) is 4.14. The first-order valence-electron chi connectivity index (χ1n) is 9.46. The van der Waals surface area contributed by atoms with Crippen LogP contribution in [0.2, 0.25) is 0 Å². The Morgan fingerprint density at radius 2 is 1.69 bits per heavy atom. The third-order valence-electron chi connectivity index (χ3n) is 5.04. The van der Waals surface area contributed by atoms with E-state index in [2.05, 4.69) is 27.7 Å². The van der Waals surface area contributed by atoms with Gasteiger partial charge in [0.25, 0.3) is 0 Å². The van der Waals surface area contributed by atoms with Gasteiger partial charge in [0.15, 0.2) is 6.10 Å². The van der Waals surface area contributed by atoms with Crippen LogP contribution in [0.15, 0.2) is 24.3 Å². The van der Waals surface area contributed by atoms with E-state index in [0.29, 0.717) is 13.0 Å². The Hall–Kier alpha value is -1.59. The molecule has 5 heteroatoms. The summed E-state index contributed by atoms with van der Waals surface area (Å²) in [5, 5.41) is 2.02. The van der Waals surface area contributed by atoms with Gasteiger partial charge in [0, 0.05) is 17.5 Å². The number of nitrogens with zero attached hydrogens (tertiary/aromatic N) is 1. The quantitative estimate of drug-likeness (QED) is 0.681. The van der Waals surface area contributed by atoms with E-state index in [4.69, 9.17) is 14.3 Å². The van der Waals surface area contributed by atoms with E-state index in [0.717, 1.165) is 30.6 Å². The Kier molecular flexibility index (Phi) is 6.69. The highest BCUT2D eigenvalue weighted by Gasteiger charge is 2.44. The standard InChI is InChI=1S/C21H33NO4/c1-7-25-19(23)18(15-16-9-11-17(24-6)12-10-16)26-22-20(2,3)13-8-14-21(22,4)5/h9-12,18H,7-8,13-15H2,1-6H3. The average Bonchev–Trinajstić information content (AvgIpc) is 2.57. The van der Waals surface area contributed by atoms with Crippen molar-refractivity contribution in [2.45, 2.75) is 77.5 Å². The molecule has 0 amide bonds. The fraction of sp³-hybridized carbons (Fsp3) is 0.667. The number of ether oxygens (including phenoxy) is 2. The molecule has 0 spiro atoms. The summed E-state index contributed by atoms with van der Waals surface area (Å²) in [5.74, 6) is 0.473. The predicted molar refractivity (Wildman–Crippen MR) is 102 cm³/mol. The van der Waals surface area contributed by atoms with Crippen molar-refractivity contribution in [3.63, 3.8) is 0 Å². The van der Waals surface area contributed by atoms with Gasteiger partial charge in [-0.3, -0.25) is 4.84 Å². The van der Waals surface area contributed by atoms with Crippen molar-refractivity contribution in [3.05, 3.63) is 29.8 Å². The van der Waals surface area contributed by atoms with Crippen molar-refractivity contribution < 1.29 is 19.1 Å². The first kappa shape index (κ1) is 20.7. The smallest absolute Gasteiger partial charge is 0.337 e. The molecule has 0 saturated carbocycles. The average molecular weight is 363 g/mol. The molecule has 1 aromatic carbocycles. The number of hydrogen-bond donors (Lipinski definition) is 0. The van der Waals surface area contributed by atoms with E-state index in [-0.39, 0.29) is 17.0 Å². The van der Waals surface area contributed by atoms with E-state index in [1.54, 1.807) is 7.11 Å². The van der Waals surface area contributed by atoms with E-state index >= 15 is 0 Å². The minimum Gasteiger partial charge on any atom is -0.497 e. The van der Waals surface area contributed by atoms with Gasteiger partial charge < -0.3 is 9.47 Å². The number of carbonyl (C=O) groups is 1. The molecule has 0 aromatic heterocycles. The number of carbonyl (C=O) groups excluding carboxylic acids is 1. The second-order valence-corrected chi connectivity index (χ2v) is 8.17. The van der Waals surface area contributed by atoms with Gasteiger partial charge in [-0.25, -0.2) is 4.79 Å². The van der Waals surface area contributed by atoms with E-state index in [1.807, 2.05) is 36.3 Å². The molecule has 0 N–H and O–H groups in total. The molecule has 1 fully saturated rings. The molecular formula is C21H33NO4. The molecule has 1 atom stereocenters. The molecule has 146 valence electrons. The maximum atomic E-state index is 12.6. The molecule has 1 saturated heterocycles. The van der Waals surface area contributed by atoms with Gasteiger partial charge in [0.1, 0.15) is 5.75 Å². The molecule has 0 radical (unpaired) electrons. The zero-order valence-corrected chi connectivity index (χ0v) is 17.0.